The normalized spacial score (nSPS) is 13.0. The highest BCUT2D eigenvalue weighted by molar-refractivity contribution is 5.95. The minimum atomic E-state index is -1.23. The highest BCUT2D eigenvalue weighted by Gasteiger charge is 2.27. The fourth-order valence-corrected chi connectivity index (χ4v) is 2.48. The summed E-state index contributed by atoms with van der Waals surface area (Å²) in [7, 11) is 0. The predicted octanol–water partition coefficient (Wildman–Crippen LogP) is 2.38. The van der Waals surface area contributed by atoms with Gasteiger partial charge in [0.1, 0.15) is 17.6 Å². The number of anilines is 2. The Kier molecular flexibility index (Phi) is 3.02. The first-order valence-electron chi connectivity index (χ1n) is 6.31. The Morgan fingerprint density at radius 1 is 1.38 bits per heavy atom. The number of aromatic carboxylic acids is 1. The molecule has 0 amide bonds. The lowest BCUT2D eigenvalue weighted by molar-refractivity contribution is -0.385. The van der Waals surface area contributed by atoms with Crippen molar-refractivity contribution in [3.05, 3.63) is 57.8 Å². The number of nitro groups is 1. The summed E-state index contributed by atoms with van der Waals surface area (Å²) in [6, 6.07) is 8.69. The van der Waals surface area contributed by atoms with Crippen molar-refractivity contribution in [2.75, 3.05) is 11.4 Å². The van der Waals surface area contributed by atoms with Crippen LogP contribution in [0.15, 0.2) is 36.5 Å². The summed E-state index contributed by atoms with van der Waals surface area (Å²) in [6.45, 7) is 0.602. The zero-order chi connectivity index (χ0) is 15.0. The third-order valence-electron chi connectivity index (χ3n) is 3.44. The predicted molar refractivity (Wildman–Crippen MR) is 75.0 cm³/mol. The molecule has 7 heteroatoms. The highest BCUT2D eigenvalue weighted by Crippen LogP contribution is 2.35. The van der Waals surface area contributed by atoms with Crippen LogP contribution in [0.3, 0.4) is 0 Å². The van der Waals surface area contributed by atoms with Crippen molar-refractivity contribution in [3.63, 3.8) is 0 Å². The third kappa shape index (κ3) is 2.18. The first kappa shape index (κ1) is 13.0. The van der Waals surface area contributed by atoms with E-state index in [0.717, 1.165) is 29.9 Å². The Morgan fingerprint density at radius 3 is 2.86 bits per heavy atom. The molecule has 1 aromatic heterocycles. The van der Waals surface area contributed by atoms with E-state index in [-0.39, 0.29) is 17.1 Å². The van der Waals surface area contributed by atoms with E-state index in [9.17, 15) is 20.0 Å². The molecular weight excluding hydrogens is 274 g/mol. The number of hydrogen-bond acceptors (Lipinski definition) is 5. The second-order valence-corrected chi connectivity index (χ2v) is 4.66. The minimum Gasteiger partial charge on any atom is -0.478 e. The van der Waals surface area contributed by atoms with E-state index >= 15 is 0 Å². The average molecular weight is 285 g/mol. The number of aromatic nitrogens is 1. The number of carboxylic acid groups (broad SMARTS) is 1. The van der Waals surface area contributed by atoms with Crippen LogP contribution >= 0.6 is 0 Å². The third-order valence-corrected chi connectivity index (χ3v) is 3.44. The summed E-state index contributed by atoms with van der Waals surface area (Å²) >= 11 is 0. The first-order chi connectivity index (χ1) is 10.1. The summed E-state index contributed by atoms with van der Waals surface area (Å²) in [5.41, 5.74) is 1.50. The number of carbonyl (C=O) groups is 1. The molecule has 0 atom stereocenters. The number of rotatable bonds is 3. The van der Waals surface area contributed by atoms with Crippen LogP contribution in [-0.2, 0) is 6.42 Å². The van der Waals surface area contributed by atoms with E-state index in [1.54, 1.807) is 4.90 Å². The maximum Gasteiger partial charge on any atom is 0.339 e. The lowest BCUT2D eigenvalue weighted by atomic mass is 10.2. The van der Waals surface area contributed by atoms with Gasteiger partial charge in [0.15, 0.2) is 0 Å². The molecule has 21 heavy (non-hydrogen) atoms. The van der Waals surface area contributed by atoms with Crippen molar-refractivity contribution in [1.29, 1.82) is 0 Å². The van der Waals surface area contributed by atoms with Gasteiger partial charge in [-0.1, -0.05) is 18.2 Å². The molecule has 7 nitrogen and oxygen atoms in total. The van der Waals surface area contributed by atoms with E-state index in [4.69, 9.17) is 0 Å². The number of nitrogens with zero attached hydrogens (tertiary/aromatic N) is 3. The van der Waals surface area contributed by atoms with Crippen LogP contribution < -0.4 is 4.90 Å². The molecule has 2 heterocycles. The molecule has 0 radical (unpaired) electrons. The summed E-state index contributed by atoms with van der Waals surface area (Å²) in [5.74, 6) is -0.997. The van der Waals surface area contributed by atoms with E-state index < -0.39 is 10.9 Å². The molecular formula is C14H11N3O4. The number of pyridine rings is 1. The number of para-hydroxylation sites is 1. The van der Waals surface area contributed by atoms with Gasteiger partial charge in [-0.2, -0.15) is 0 Å². The number of hydrogen-bond donors (Lipinski definition) is 1. The van der Waals surface area contributed by atoms with Gasteiger partial charge in [0.2, 0.25) is 0 Å². The van der Waals surface area contributed by atoms with Crippen molar-refractivity contribution >= 4 is 23.2 Å². The van der Waals surface area contributed by atoms with Gasteiger partial charge in [-0.25, -0.2) is 9.78 Å². The van der Waals surface area contributed by atoms with E-state index in [2.05, 4.69) is 4.98 Å². The molecule has 1 aromatic carbocycles. The van der Waals surface area contributed by atoms with Crippen molar-refractivity contribution in [3.8, 4) is 0 Å². The zero-order valence-corrected chi connectivity index (χ0v) is 10.9. The molecule has 0 saturated heterocycles. The Hall–Kier alpha value is -2.96. The lowest BCUT2D eigenvalue weighted by Crippen LogP contribution is -2.18. The monoisotopic (exact) mass is 285 g/mol. The summed E-state index contributed by atoms with van der Waals surface area (Å²) in [6.07, 6.45) is 1.87. The van der Waals surface area contributed by atoms with Crippen molar-refractivity contribution in [2.24, 2.45) is 0 Å². The van der Waals surface area contributed by atoms with Gasteiger partial charge >= 0.3 is 5.97 Å². The Balaban J connectivity index is 2.11. The van der Waals surface area contributed by atoms with Crippen molar-refractivity contribution in [1.82, 2.24) is 4.98 Å². The Bertz CT molecular complexity index is 745. The fourth-order valence-electron chi connectivity index (χ4n) is 2.48. The van der Waals surface area contributed by atoms with Crippen LogP contribution in [0.2, 0.25) is 0 Å². The van der Waals surface area contributed by atoms with Gasteiger partial charge < -0.3 is 10.0 Å². The molecule has 2 aromatic rings. The second kappa shape index (κ2) is 4.86. The lowest BCUT2D eigenvalue weighted by Gasteiger charge is -2.19. The van der Waals surface area contributed by atoms with Gasteiger partial charge in [0.25, 0.3) is 5.69 Å². The van der Waals surface area contributed by atoms with Crippen LogP contribution in [0.1, 0.15) is 15.9 Å². The molecule has 1 N–H and O–H groups in total. The van der Waals surface area contributed by atoms with Crippen LogP contribution in [0, 0.1) is 10.1 Å². The van der Waals surface area contributed by atoms with Crippen LogP contribution in [0.25, 0.3) is 0 Å². The Labute approximate surface area is 119 Å². The molecule has 1 aliphatic heterocycles. The maximum atomic E-state index is 11.4. The topological polar surface area (TPSA) is 96.6 Å². The van der Waals surface area contributed by atoms with E-state index in [0.29, 0.717) is 6.54 Å². The zero-order valence-electron chi connectivity index (χ0n) is 10.9. The number of benzene rings is 1. The van der Waals surface area contributed by atoms with Gasteiger partial charge in [0, 0.05) is 18.3 Å². The summed E-state index contributed by atoms with van der Waals surface area (Å²) in [4.78, 5) is 27.3. The molecule has 0 aliphatic carbocycles. The molecule has 0 saturated carbocycles. The molecule has 0 bridgehead atoms. The van der Waals surface area contributed by atoms with Gasteiger partial charge in [0.05, 0.1) is 4.92 Å². The van der Waals surface area contributed by atoms with Crippen molar-refractivity contribution < 1.29 is 14.8 Å². The number of fused-ring (bicyclic) bond motifs is 1. The summed E-state index contributed by atoms with van der Waals surface area (Å²) in [5, 5.41) is 20.1. The quantitative estimate of drug-likeness (QED) is 0.687. The molecule has 0 spiro atoms. The van der Waals surface area contributed by atoms with Gasteiger partial charge in [-0.3, -0.25) is 10.1 Å². The van der Waals surface area contributed by atoms with Gasteiger partial charge in [-0.05, 0) is 18.1 Å². The second-order valence-electron chi connectivity index (χ2n) is 4.66. The standard InChI is InChI=1S/C14H11N3O4/c18-14(19)11-7-10(17(20)21)8-15-13(11)16-6-5-9-3-1-2-4-12(9)16/h1-4,7-8H,5-6H2,(H,18,19). The fraction of sp³-hybridized carbons (Fsp3) is 0.143. The van der Waals surface area contributed by atoms with Crippen LogP contribution in [0.5, 0.6) is 0 Å². The number of carboxylic acids is 1. The smallest absolute Gasteiger partial charge is 0.339 e. The van der Waals surface area contributed by atoms with Crippen LogP contribution in [-0.4, -0.2) is 27.5 Å². The van der Waals surface area contributed by atoms with Crippen molar-refractivity contribution in [2.45, 2.75) is 6.42 Å². The van der Waals surface area contributed by atoms with Gasteiger partial charge in [-0.15, -0.1) is 0 Å². The average Bonchev–Trinajstić information content (AvgIpc) is 2.90. The summed E-state index contributed by atoms with van der Waals surface area (Å²) < 4.78 is 0. The van der Waals surface area contributed by atoms with Crippen LogP contribution in [0.4, 0.5) is 17.2 Å². The maximum absolute atomic E-state index is 11.4. The molecule has 1 aliphatic rings. The molecule has 106 valence electrons. The molecule has 0 fully saturated rings. The highest BCUT2D eigenvalue weighted by atomic mass is 16.6. The van der Waals surface area contributed by atoms with E-state index in [1.165, 1.54) is 0 Å². The molecule has 0 unspecified atom stereocenters. The Morgan fingerprint density at radius 2 is 2.14 bits per heavy atom. The molecule has 3 rings (SSSR count). The minimum absolute atomic E-state index is 0.166. The largest absolute Gasteiger partial charge is 0.478 e. The first-order valence-corrected chi connectivity index (χ1v) is 6.31. The van der Waals surface area contributed by atoms with E-state index in [1.807, 2.05) is 24.3 Å². The SMILES string of the molecule is O=C(O)c1cc([N+](=O)[O-])cnc1N1CCc2ccccc21.